The van der Waals surface area contributed by atoms with Crippen LogP contribution in [0.15, 0.2) is 54.6 Å². The fourth-order valence-electron chi connectivity index (χ4n) is 2.66. The average Bonchev–Trinajstić information content (AvgIpc) is 2.64. The zero-order valence-corrected chi connectivity index (χ0v) is 15.1. The molecule has 0 aliphatic rings. The number of rotatable bonds is 9. The summed E-state index contributed by atoms with van der Waals surface area (Å²) in [4.78, 5) is 25.4. The van der Waals surface area contributed by atoms with Crippen LogP contribution < -0.4 is 5.32 Å². The molecule has 0 saturated heterocycles. The van der Waals surface area contributed by atoms with Gasteiger partial charge in [0.05, 0.1) is 0 Å². The lowest BCUT2D eigenvalue weighted by Gasteiger charge is -2.21. The van der Waals surface area contributed by atoms with E-state index in [9.17, 15) is 14.0 Å². The highest BCUT2D eigenvalue weighted by atomic mass is 19.1. The molecule has 0 atom stereocenters. The van der Waals surface area contributed by atoms with Gasteiger partial charge in [0.15, 0.2) is 0 Å². The van der Waals surface area contributed by atoms with E-state index in [-0.39, 0.29) is 24.1 Å². The fraction of sp³-hybridized carbons (Fsp3) is 0.333. The molecular formula is C21H25FN2O2. The first-order valence-corrected chi connectivity index (χ1v) is 8.85. The van der Waals surface area contributed by atoms with Crippen molar-refractivity contribution in [3.8, 4) is 0 Å². The van der Waals surface area contributed by atoms with Crippen LogP contribution in [0.3, 0.4) is 0 Å². The number of benzene rings is 2. The summed E-state index contributed by atoms with van der Waals surface area (Å²) in [6, 6.07) is 16.2. The molecule has 0 radical (unpaired) electrons. The minimum Gasteiger partial charge on any atom is -0.356 e. The molecule has 2 aromatic rings. The number of hydrogen-bond donors (Lipinski definition) is 1. The molecule has 4 nitrogen and oxygen atoms in total. The molecule has 138 valence electrons. The van der Waals surface area contributed by atoms with Crippen LogP contribution in [0.1, 0.15) is 24.5 Å². The third-order valence-electron chi connectivity index (χ3n) is 4.22. The number of nitrogens with one attached hydrogen (secondary N) is 1. The maximum absolute atomic E-state index is 12.8. The van der Waals surface area contributed by atoms with E-state index >= 15 is 0 Å². The Morgan fingerprint density at radius 1 is 0.923 bits per heavy atom. The Bertz CT molecular complexity index is 702. The van der Waals surface area contributed by atoms with Crippen molar-refractivity contribution < 1.29 is 14.0 Å². The van der Waals surface area contributed by atoms with Crippen molar-refractivity contribution in [2.45, 2.75) is 26.2 Å². The van der Waals surface area contributed by atoms with Crippen molar-refractivity contribution in [1.29, 1.82) is 0 Å². The zero-order chi connectivity index (χ0) is 18.8. The molecular weight excluding hydrogens is 331 g/mol. The second kappa shape index (κ2) is 10.3. The summed E-state index contributed by atoms with van der Waals surface area (Å²) in [7, 11) is 0. The van der Waals surface area contributed by atoms with Gasteiger partial charge < -0.3 is 10.2 Å². The van der Waals surface area contributed by atoms with Gasteiger partial charge in [-0.05, 0) is 36.1 Å². The molecule has 2 aromatic carbocycles. The predicted molar refractivity (Wildman–Crippen MR) is 100 cm³/mol. The molecule has 1 N–H and O–H groups in total. The molecule has 0 bridgehead atoms. The Morgan fingerprint density at radius 3 is 2.23 bits per heavy atom. The molecule has 5 heteroatoms. The number of amides is 2. The van der Waals surface area contributed by atoms with Crippen molar-refractivity contribution >= 4 is 11.8 Å². The Labute approximate surface area is 154 Å². The quantitative estimate of drug-likeness (QED) is 0.751. The van der Waals surface area contributed by atoms with Crippen LogP contribution in [-0.4, -0.2) is 36.3 Å². The van der Waals surface area contributed by atoms with Gasteiger partial charge in [0.25, 0.3) is 0 Å². The van der Waals surface area contributed by atoms with Gasteiger partial charge in [-0.3, -0.25) is 9.59 Å². The molecule has 0 saturated carbocycles. The molecule has 2 amide bonds. The van der Waals surface area contributed by atoms with E-state index in [1.165, 1.54) is 24.6 Å². The van der Waals surface area contributed by atoms with Gasteiger partial charge in [0.1, 0.15) is 5.82 Å². The number of carbonyl (C=O) groups excluding carboxylic acids is 2. The monoisotopic (exact) mass is 356 g/mol. The first-order valence-electron chi connectivity index (χ1n) is 8.85. The average molecular weight is 356 g/mol. The molecule has 2 rings (SSSR count). The molecule has 0 fully saturated rings. The number of halogens is 1. The lowest BCUT2D eigenvalue weighted by atomic mass is 10.1. The summed E-state index contributed by atoms with van der Waals surface area (Å²) < 4.78 is 12.8. The van der Waals surface area contributed by atoms with Gasteiger partial charge >= 0.3 is 0 Å². The summed E-state index contributed by atoms with van der Waals surface area (Å²) in [5, 5.41) is 2.84. The Balaban J connectivity index is 1.69. The van der Waals surface area contributed by atoms with E-state index in [1.54, 1.807) is 17.0 Å². The minimum absolute atomic E-state index is 0.0277. The Morgan fingerprint density at radius 2 is 1.58 bits per heavy atom. The van der Waals surface area contributed by atoms with E-state index in [1.807, 2.05) is 30.3 Å². The standard InChI is InChI=1S/C21H25FN2O2/c1-17(25)24(15-12-18-5-3-2-4-6-18)16-13-21(26)23-14-11-19-7-9-20(22)10-8-19/h2-10H,11-16H2,1H3,(H,23,26). The lowest BCUT2D eigenvalue weighted by molar-refractivity contribution is -0.129. The third-order valence-corrected chi connectivity index (χ3v) is 4.22. The molecule has 0 heterocycles. The molecule has 26 heavy (non-hydrogen) atoms. The lowest BCUT2D eigenvalue weighted by Crippen LogP contribution is -2.35. The summed E-state index contributed by atoms with van der Waals surface area (Å²) in [6.45, 7) is 3.03. The van der Waals surface area contributed by atoms with E-state index in [0.29, 0.717) is 26.1 Å². The Kier molecular flexibility index (Phi) is 7.80. The smallest absolute Gasteiger partial charge is 0.221 e. The largest absolute Gasteiger partial charge is 0.356 e. The van der Waals surface area contributed by atoms with E-state index in [4.69, 9.17) is 0 Å². The van der Waals surface area contributed by atoms with Crippen molar-refractivity contribution in [3.05, 3.63) is 71.5 Å². The fourth-order valence-corrected chi connectivity index (χ4v) is 2.66. The van der Waals surface area contributed by atoms with Crippen molar-refractivity contribution in [2.24, 2.45) is 0 Å². The minimum atomic E-state index is -0.266. The van der Waals surface area contributed by atoms with Gasteiger partial charge in [-0.1, -0.05) is 42.5 Å². The van der Waals surface area contributed by atoms with Gasteiger partial charge in [0.2, 0.25) is 11.8 Å². The van der Waals surface area contributed by atoms with Crippen LogP contribution in [0.2, 0.25) is 0 Å². The molecule has 0 spiro atoms. The zero-order valence-electron chi connectivity index (χ0n) is 15.1. The van der Waals surface area contributed by atoms with E-state index < -0.39 is 0 Å². The summed E-state index contributed by atoms with van der Waals surface area (Å²) in [6.07, 6.45) is 1.70. The first kappa shape index (κ1) is 19.6. The van der Waals surface area contributed by atoms with Crippen LogP contribution in [0.5, 0.6) is 0 Å². The number of hydrogen-bond acceptors (Lipinski definition) is 2. The summed E-state index contributed by atoms with van der Waals surface area (Å²) >= 11 is 0. The van der Waals surface area contributed by atoms with Crippen LogP contribution in [0, 0.1) is 5.82 Å². The highest BCUT2D eigenvalue weighted by Crippen LogP contribution is 2.04. The molecule has 0 aliphatic carbocycles. The second-order valence-corrected chi connectivity index (χ2v) is 6.22. The number of carbonyl (C=O) groups is 2. The van der Waals surface area contributed by atoms with Crippen LogP contribution in [0.25, 0.3) is 0 Å². The molecule has 0 aliphatic heterocycles. The molecule has 0 unspecified atom stereocenters. The normalized spacial score (nSPS) is 10.4. The number of nitrogens with zero attached hydrogens (tertiary/aromatic N) is 1. The van der Waals surface area contributed by atoms with Crippen molar-refractivity contribution in [1.82, 2.24) is 10.2 Å². The van der Waals surface area contributed by atoms with Crippen LogP contribution in [0.4, 0.5) is 4.39 Å². The summed E-state index contributed by atoms with van der Waals surface area (Å²) in [5.41, 5.74) is 2.14. The summed E-state index contributed by atoms with van der Waals surface area (Å²) in [5.74, 6) is -0.379. The van der Waals surface area contributed by atoms with Crippen molar-refractivity contribution in [3.63, 3.8) is 0 Å². The van der Waals surface area contributed by atoms with Crippen LogP contribution >= 0.6 is 0 Å². The topological polar surface area (TPSA) is 49.4 Å². The predicted octanol–water partition coefficient (Wildman–Crippen LogP) is 2.97. The Hall–Kier alpha value is -2.69. The second-order valence-electron chi connectivity index (χ2n) is 6.22. The van der Waals surface area contributed by atoms with Gasteiger partial charge in [-0.25, -0.2) is 4.39 Å². The third kappa shape index (κ3) is 7.05. The van der Waals surface area contributed by atoms with Gasteiger partial charge in [0, 0.05) is 33.0 Å². The molecule has 0 aromatic heterocycles. The maximum atomic E-state index is 12.8. The van der Waals surface area contributed by atoms with Crippen LogP contribution in [-0.2, 0) is 22.4 Å². The van der Waals surface area contributed by atoms with Gasteiger partial charge in [-0.2, -0.15) is 0 Å². The highest BCUT2D eigenvalue weighted by Gasteiger charge is 2.11. The maximum Gasteiger partial charge on any atom is 0.221 e. The van der Waals surface area contributed by atoms with E-state index in [0.717, 1.165) is 12.0 Å². The SMILES string of the molecule is CC(=O)N(CCC(=O)NCCc1ccc(F)cc1)CCc1ccccc1. The van der Waals surface area contributed by atoms with Crippen molar-refractivity contribution in [2.75, 3.05) is 19.6 Å². The van der Waals surface area contributed by atoms with E-state index in [2.05, 4.69) is 5.32 Å². The first-order chi connectivity index (χ1) is 12.5. The van der Waals surface area contributed by atoms with Gasteiger partial charge in [-0.15, -0.1) is 0 Å². The highest BCUT2D eigenvalue weighted by molar-refractivity contribution is 5.78.